The van der Waals surface area contributed by atoms with Crippen LogP contribution in [0.3, 0.4) is 0 Å². The highest BCUT2D eigenvalue weighted by Gasteiger charge is 2.38. The third-order valence-corrected chi connectivity index (χ3v) is 5.07. The Kier molecular flexibility index (Phi) is 5.81. The van der Waals surface area contributed by atoms with Gasteiger partial charge in [-0.15, -0.1) is 0 Å². The van der Waals surface area contributed by atoms with Crippen LogP contribution in [0.15, 0.2) is 48.5 Å². The number of carboxylic acids is 1. The monoisotopic (exact) mass is 406 g/mol. The van der Waals surface area contributed by atoms with Gasteiger partial charge in [0.1, 0.15) is 6.61 Å². The third-order valence-electron chi connectivity index (χ3n) is 5.07. The van der Waals surface area contributed by atoms with E-state index in [0.717, 1.165) is 29.2 Å². The van der Waals surface area contributed by atoms with Gasteiger partial charge in [-0.05, 0) is 28.7 Å². The van der Waals surface area contributed by atoms with Gasteiger partial charge in [0.25, 0.3) is 0 Å². The fourth-order valence-electron chi connectivity index (χ4n) is 3.48. The van der Waals surface area contributed by atoms with E-state index in [2.05, 4.69) is 0 Å². The van der Waals surface area contributed by atoms with Crippen LogP contribution in [0.25, 0.3) is 11.1 Å². The Bertz CT molecular complexity index is 867. The summed E-state index contributed by atoms with van der Waals surface area (Å²) in [4.78, 5) is 23.2. The van der Waals surface area contributed by atoms with Gasteiger partial charge in [0, 0.05) is 5.92 Å². The standard InChI is InChI=1S/C21H20F3NO4/c1-12(21(22,23)24)10-18(19(26)27)25-20(28)29-11-17-15-8-4-2-6-13(15)14-7-3-5-9-16(14)17/h2-9,12,17-18H,10-11H2,1H3,(H,25,28)(H,26,27)/p-1. The van der Waals surface area contributed by atoms with E-state index in [-0.39, 0.29) is 12.5 Å². The van der Waals surface area contributed by atoms with Gasteiger partial charge < -0.3 is 20.0 Å². The van der Waals surface area contributed by atoms with Crippen LogP contribution in [0, 0.1) is 5.92 Å². The maximum Gasteiger partial charge on any atom is 0.407 e. The minimum absolute atomic E-state index is 0.0749. The van der Waals surface area contributed by atoms with Gasteiger partial charge in [-0.3, -0.25) is 0 Å². The molecule has 0 spiro atoms. The van der Waals surface area contributed by atoms with Crippen LogP contribution >= 0.6 is 0 Å². The molecular formula is C21H19F3NO4-. The minimum Gasteiger partial charge on any atom is -0.548 e. The second-order valence-corrected chi connectivity index (χ2v) is 7.02. The molecule has 2 unspecified atom stereocenters. The minimum atomic E-state index is -4.57. The summed E-state index contributed by atoms with van der Waals surface area (Å²) in [6.07, 6.45) is -6.51. The van der Waals surface area contributed by atoms with Gasteiger partial charge in [-0.25, -0.2) is 4.79 Å². The average molecular weight is 406 g/mol. The molecular weight excluding hydrogens is 387 g/mol. The molecule has 0 aromatic heterocycles. The van der Waals surface area contributed by atoms with Gasteiger partial charge in [0.05, 0.1) is 17.9 Å². The Morgan fingerprint density at radius 1 is 1.07 bits per heavy atom. The lowest BCUT2D eigenvalue weighted by Gasteiger charge is -2.24. The normalized spacial score (nSPS) is 15.2. The number of benzene rings is 2. The number of fused-ring (bicyclic) bond motifs is 3. The molecule has 0 aliphatic heterocycles. The van der Waals surface area contributed by atoms with Gasteiger partial charge in [-0.1, -0.05) is 55.5 Å². The lowest BCUT2D eigenvalue weighted by Crippen LogP contribution is -2.49. The van der Waals surface area contributed by atoms with Crippen molar-refractivity contribution in [2.24, 2.45) is 5.92 Å². The van der Waals surface area contributed by atoms with Gasteiger partial charge in [0.2, 0.25) is 0 Å². The summed E-state index contributed by atoms with van der Waals surface area (Å²) < 4.78 is 43.2. The maximum absolute atomic E-state index is 12.7. The lowest BCUT2D eigenvalue weighted by atomic mass is 9.98. The van der Waals surface area contributed by atoms with Gasteiger partial charge in [0.15, 0.2) is 0 Å². The van der Waals surface area contributed by atoms with Crippen LogP contribution in [-0.2, 0) is 9.53 Å². The number of alkyl halides is 3. The summed E-state index contributed by atoms with van der Waals surface area (Å²) in [5.41, 5.74) is 3.96. The Morgan fingerprint density at radius 2 is 1.59 bits per heavy atom. The number of carbonyl (C=O) groups is 2. The predicted molar refractivity (Wildman–Crippen MR) is 96.8 cm³/mol. The zero-order chi connectivity index (χ0) is 21.2. The Morgan fingerprint density at radius 3 is 2.07 bits per heavy atom. The fraction of sp³-hybridized carbons (Fsp3) is 0.333. The molecule has 0 radical (unpaired) electrons. The molecule has 29 heavy (non-hydrogen) atoms. The number of aliphatic carboxylic acids is 1. The molecule has 3 rings (SSSR count). The number of hydrogen-bond acceptors (Lipinski definition) is 4. The number of rotatable bonds is 6. The number of carboxylic acid groups (broad SMARTS) is 1. The lowest BCUT2D eigenvalue weighted by molar-refractivity contribution is -0.309. The number of alkyl carbamates (subject to hydrolysis) is 1. The highest BCUT2D eigenvalue weighted by atomic mass is 19.4. The third kappa shape index (κ3) is 4.52. The van der Waals surface area contributed by atoms with E-state index in [1.807, 2.05) is 53.8 Å². The van der Waals surface area contributed by atoms with E-state index < -0.39 is 36.6 Å². The molecule has 2 atom stereocenters. The molecule has 0 saturated heterocycles. The van der Waals surface area contributed by atoms with Crippen molar-refractivity contribution in [1.29, 1.82) is 0 Å². The molecule has 0 fully saturated rings. The molecule has 0 heterocycles. The smallest absolute Gasteiger partial charge is 0.407 e. The molecule has 2 aromatic carbocycles. The highest BCUT2D eigenvalue weighted by Crippen LogP contribution is 2.44. The van der Waals surface area contributed by atoms with Crippen molar-refractivity contribution in [3.05, 3.63) is 59.7 Å². The van der Waals surface area contributed by atoms with Crippen molar-refractivity contribution in [1.82, 2.24) is 5.32 Å². The molecule has 8 heteroatoms. The van der Waals surface area contributed by atoms with Gasteiger partial charge >= 0.3 is 12.3 Å². The number of carbonyl (C=O) groups excluding carboxylic acids is 2. The van der Waals surface area contributed by atoms with Crippen LogP contribution in [0.2, 0.25) is 0 Å². The molecule has 5 nitrogen and oxygen atoms in total. The summed E-state index contributed by atoms with van der Waals surface area (Å²) in [5, 5.41) is 13.1. The van der Waals surface area contributed by atoms with Crippen molar-refractivity contribution < 1.29 is 32.6 Å². The van der Waals surface area contributed by atoms with Crippen molar-refractivity contribution >= 4 is 12.1 Å². The summed E-state index contributed by atoms with van der Waals surface area (Å²) in [7, 11) is 0. The number of halogens is 3. The first-order valence-corrected chi connectivity index (χ1v) is 9.07. The van der Waals surface area contributed by atoms with Crippen molar-refractivity contribution in [3.8, 4) is 11.1 Å². The SMILES string of the molecule is CC(CC(NC(=O)OCC1c2ccccc2-c2ccccc21)C(=O)[O-])C(F)(F)F. The van der Waals surface area contributed by atoms with Crippen LogP contribution < -0.4 is 10.4 Å². The molecule has 2 aromatic rings. The number of amides is 1. The van der Waals surface area contributed by atoms with Crippen molar-refractivity contribution in [2.75, 3.05) is 6.61 Å². The Hall–Kier alpha value is -3.03. The predicted octanol–water partition coefficient (Wildman–Crippen LogP) is 3.23. The second kappa shape index (κ2) is 8.14. The van der Waals surface area contributed by atoms with E-state index in [1.165, 1.54) is 0 Å². The van der Waals surface area contributed by atoms with Crippen molar-refractivity contribution in [3.63, 3.8) is 0 Å². The zero-order valence-corrected chi connectivity index (χ0v) is 15.5. The topological polar surface area (TPSA) is 78.5 Å². The molecule has 0 saturated carbocycles. The molecule has 1 N–H and O–H groups in total. The average Bonchev–Trinajstić information content (AvgIpc) is 2.99. The zero-order valence-electron chi connectivity index (χ0n) is 15.5. The van der Waals surface area contributed by atoms with Gasteiger partial charge in [-0.2, -0.15) is 13.2 Å². The Balaban J connectivity index is 1.67. The number of hydrogen-bond donors (Lipinski definition) is 1. The van der Waals surface area contributed by atoms with Crippen molar-refractivity contribution in [2.45, 2.75) is 31.5 Å². The van der Waals surface area contributed by atoms with E-state index in [0.29, 0.717) is 0 Å². The first kappa shape index (κ1) is 20.7. The largest absolute Gasteiger partial charge is 0.548 e. The number of nitrogens with one attached hydrogen (secondary N) is 1. The first-order chi connectivity index (χ1) is 13.7. The van der Waals surface area contributed by atoms with E-state index in [4.69, 9.17) is 4.74 Å². The van der Waals surface area contributed by atoms with Crippen LogP contribution in [-0.4, -0.2) is 30.9 Å². The summed E-state index contributed by atoms with van der Waals surface area (Å²) in [6.45, 7) is 0.768. The van der Waals surface area contributed by atoms with Crippen LogP contribution in [0.5, 0.6) is 0 Å². The van der Waals surface area contributed by atoms with E-state index >= 15 is 0 Å². The van der Waals surface area contributed by atoms with Crippen LogP contribution in [0.4, 0.5) is 18.0 Å². The molecule has 1 aliphatic rings. The molecule has 154 valence electrons. The molecule has 1 aliphatic carbocycles. The van der Waals surface area contributed by atoms with Crippen LogP contribution in [0.1, 0.15) is 30.4 Å². The van der Waals surface area contributed by atoms with E-state index in [1.54, 1.807) is 0 Å². The summed E-state index contributed by atoms with van der Waals surface area (Å²) >= 11 is 0. The number of ether oxygens (including phenoxy) is 1. The summed E-state index contributed by atoms with van der Waals surface area (Å²) in [5.74, 6) is -3.96. The fourth-order valence-corrected chi connectivity index (χ4v) is 3.48. The second-order valence-electron chi connectivity index (χ2n) is 7.02. The maximum atomic E-state index is 12.7. The quantitative estimate of drug-likeness (QED) is 0.799. The first-order valence-electron chi connectivity index (χ1n) is 9.07. The highest BCUT2D eigenvalue weighted by molar-refractivity contribution is 5.80. The Labute approximate surface area is 165 Å². The van der Waals surface area contributed by atoms with E-state index in [9.17, 15) is 27.9 Å². The summed E-state index contributed by atoms with van der Waals surface area (Å²) in [6, 6.07) is 13.5. The molecule has 0 bridgehead atoms. The molecule has 1 amide bonds.